The van der Waals surface area contributed by atoms with E-state index < -0.39 is 6.10 Å². The predicted octanol–water partition coefficient (Wildman–Crippen LogP) is 2.93. The molecule has 0 aliphatic rings. The fourth-order valence-electron chi connectivity index (χ4n) is 2.19. The van der Waals surface area contributed by atoms with Gasteiger partial charge in [-0.25, -0.2) is 0 Å². The van der Waals surface area contributed by atoms with Gasteiger partial charge in [-0.15, -0.1) is 0 Å². The van der Waals surface area contributed by atoms with Gasteiger partial charge < -0.3 is 15.2 Å². The number of para-hydroxylation sites is 2. The molecule has 2 aromatic carbocycles. The van der Waals surface area contributed by atoms with Crippen molar-refractivity contribution in [1.82, 2.24) is 0 Å². The van der Waals surface area contributed by atoms with Gasteiger partial charge in [0, 0.05) is 16.8 Å². The van der Waals surface area contributed by atoms with Gasteiger partial charge in [-0.3, -0.25) is 4.79 Å². The summed E-state index contributed by atoms with van der Waals surface area (Å²) < 4.78 is 5.24. The van der Waals surface area contributed by atoms with E-state index in [1.54, 1.807) is 26.2 Å². The van der Waals surface area contributed by atoms with Crippen LogP contribution in [0, 0.1) is 0 Å². The molecule has 21 heavy (non-hydrogen) atoms. The van der Waals surface area contributed by atoms with Crippen LogP contribution in [0.1, 0.15) is 24.2 Å². The second-order valence-corrected chi connectivity index (χ2v) is 4.80. The van der Waals surface area contributed by atoms with Gasteiger partial charge in [0.05, 0.1) is 19.6 Å². The highest BCUT2D eigenvalue weighted by Crippen LogP contribution is 2.23. The van der Waals surface area contributed by atoms with Crippen molar-refractivity contribution in [3.8, 4) is 5.75 Å². The molecule has 4 heteroatoms. The van der Waals surface area contributed by atoms with Crippen LogP contribution in [0.25, 0.3) is 0 Å². The van der Waals surface area contributed by atoms with Gasteiger partial charge in [-0.2, -0.15) is 0 Å². The third-order valence-corrected chi connectivity index (χ3v) is 3.23. The summed E-state index contributed by atoms with van der Waals surface area (Å²) in [4.78, 5) is 12.2. The monoisotopic (exact) mass is 285 g/mol. The van der Waals surface area contributed by atoms with E-state index in [-0.39, 0.29) is 12.3 Å². The molecule has 0 saturated carbocycles. The lowest BCUT2D eigenvalue weighted by Gasteiger charge is -2.13. The lowest BCUT2D eigenvalue weighted by molar-refractivity contribution is -0.115. The maximum absolute atomic E-state index is 12.2. The maximum Gasteiger partial charge on any atom is 0.228 e. The Balaban J connectivity index is 2.12. The second-order valence-electron chi connectivity index (χ2n) is 4.80. The van der Waals surface area contributed by atoms with Crippen molar-refractivity contribution >= 4 is 11.6 Å². The zero-order valence-electron chi connectivity index (χ0n) is 12.2. The molecule has 0 fully saturated rings. The molecule has 2 N–H and O–H groups in total. The first-order valence-corrected chi connectivity index (χ1v) is 6.80. The lowest BCUT2D eigenvalue weighted by atomic mass is 10.1. The van der Waals surface area contributed by atoms with Gasteiger partial charge in [0.2, 0.25) is 5.91 Å². The number of hydrogen-bond donors (Lipinski definition) is 2. The minimum absolute atomic E-state index is 0.146. The molecule has 0 aromatic heterocycles. The summed E-state index contributed by atoms with van der Waals surface area (Å²) in [5.41, 5.74) is 2.16. The van der Waals surface area contributed by atoms with Gasteiger partial charge in [0.15, 0.2) is 0 Å². The number of hydrogen-bond acceptors (Lipinski definition) is 3. The molecule has 1 atom stereocenters. The maximum atomic E-state index is 12.2. The molecule has 0 spiro atoms. The smallest absolute Gasteiger partial charge is 0.228 e. The van der Waals surface area contributed by atoms with Crippen molar-refractivity contribution in [1.29, 1.82) is 0 Å². The van der Waals surface area contributed by atoms with Crippen molar-refractivity contribution in [3.63, 3.8) is 0 Å². The lowest BCUT2D eigenvalue weighted by Crippen LogP contribution is -2.16. The number of nitrogens with one attached hydrogen (secondary N) is 1. The summed E-state index contributed by atoms with van der Waals surface area (Å²) in [6, 6.07) is 14.7. The molecule has 0 aliphatic heterocycles. The number of anilines is 1. The van der Waals surface area contributed by atoms with Gasteiger partial charge in [-0.05, 0) is 19.1 Å². The Hall–Kier alpha value is -2.33. The highest BCUT2D eigenvalue weighted by molar-refractivity contribution is 5.93. The number of rotatable bonds is 5. The van der Waals surface area contributed by atoms with E-state index in [1.165, 1.54) is 0 Å². The van der Waals surface area contributed by atoms with Crippen LogP contribution in [-0.4, -0.2) is 18.1 Å². The van der Waals surface area contributed by atoms with Crippen LogP contribution >= 0.6 is 0 Å². The molecule has 1 amide bonds. The summed E-state index contributed by atoms with van der Waals surface area (Å²) in [7, 11) is 1.58. The number of benzene rings is 2. The number of ether oxygens (including phenoxy) is 1. The predicted molar refractivity (Wildman–Crippen MR) is 82.4 cm³/mol. The first-order chi connectivity index (χ1) is 10.1. The quantitative estimate of drug-likeness (QED) is 0.888. The molecule has 0 aliphatic carbocycles. The van der Waals surface area contributed by atoms with Crippen LogP contribution in [0.3, 0.4) is 0 Å². The van der Waals surface area contributed by atoms with E-state index >= 15 is 0 Å². The Bertz CT molecular complexity index is 623. The molecule has 4 nitrogen and oxygen atoms in total. The Morgan fingerprint density at radius 2 is 1.86 bits per heavy atom. The van der Waals surface area contributed by atoms with Crippen LogP contribution in [-0.2, 0) is 11.2 Å². The third-order valence-electron chi connectivity index (χ3n) is 3.23. The van der Waals surface area contributed by atoms with E-state index in [1.807, 2.05) is 36.4 Å². The van der Waals surface area contributed by atoms with Crippen molar-refractivity contribution in [2.45, 2.75) is 19.4 Å². The molecular formula is C17H19NO3. The van der Waals surface area contributed by atoms with Crippen LogP contribution < -0.4 is 10.1 Å². The van der Waals surface area contributed by atoms with E-state index in [0.717, 1.165) is 5.56 Å². The average Bonchev–Trinajstić information content (AvgIpc) is 2.48. The molecule has 2 rings (SSSR count). The van der Waals surface area contributed by atoms with Crippen molar-refractivity contribution in [2.75, 3.05) is 12.4 Å². The highest BCUT2D eigenvalue weighted by atomic mass is 16.5. The zero-order chi connectivity index (χ0) is 15.2. The standard InChI is InChI=1S/C17H19NO3/c1-12(19)14-8-4-5-9-15(14)18-17(20)11-13-7-3-6-10-16(13)21-2/h3-10,12,19H,11H2,1-2H3,(H,18,20). The number of aliphatic hydroxyl groups is 1. The minimum Gasteiger partial charge on any atom is -0.496 e. The largest absolute Gasteiger partial charge is 0.496 e. The normalized spacial score (nSPS) is 11.8. The molecule has 110 valence electrons. The van der Waals surface area contributed by atoms with Gasteiger partial charge in [0.25, 0.3) is 0 Å². The van der Waals surface area contributed by atoms with Gasteiger partial charge in [0.1, 0.15) is 5.75 Å². The number of aliphatic hydroxyl groups excluding tert-OH is 1. The first kappa shape index (κ1) is 15.1. The third kappa shape index (κ3) is 3.83. The summed E-state index contributed by atoms with van der Waals surface area (Å²) >= 11 is 0. The highest BCUT2D eigenvalue weighted by Gasteiger charge is 2.12. The summed E-state index contributed by atoms with van der Waals surface area (Å²) in [6.07, 6.45) is -0.411. The summed E-state index contributed by atoms with van der Waals surface area (Å²) in [6.45, 7) is 1.67. The van der Waals surface area contributed by atoms with Crippen LogP contribution in [0.5, 0.6) is 5.75 Å². The minimum atomic E-state index is -0.632. The zero-order valence-corrected chi connectivity index (χ0v) is 12.2. The Labute approximate surface area is 124 Å². The van der Waals surface area contributed by atoms with Gasteiger partial charge >= 0.3 is 0 Å². The molecular weight excluding hydrogens is 266 g/mol. The molecule has 2 aromatic rings. The van der Waals surface area contributed by atoms with Crippen molar-refractivity contribution < 1.29 is 14.6 Å². The van der Waals surface area contributed by atoms with Crippen LogP contribution in [0.4, 0.5) is 5.69 Å². The number of amides is 1. The fraction of sp³-hybridized carbons (Fsp3) is 0.235. The Morgan fingerprint density at radius 1 is 1.19 bits per heavy atom. The number of carbonyl (C=O) groups excluding carboxylic acids is 1. The van der Waals surface area contributed by atoms with Crippen LogP contribution in [0.2, 0.25) is 0 Å². The first-order valence-electron chi connectivity index (χ1n) is 6.80. The van der Waals surface area contributed by atoms with Crippen LogP contribution in [0.15, 0.2) is 48.5 Å². The molecule has 0 radical (unpaired) electrons. The SMILES string of the molecule is COc1ccccc1CC(=O)Nc1ccccc1C(C)O. The Morgan fingerprint density at radius 3 is 2.57 bits per heavy atom. The van der Waals surface area contributed by atoms with E-state index in [0.29, 0.717) is 17.0 Å². The molecule has 0 heterocycles. The topological polar surface area (TPSA) is 58.6 Å². The molecule has 0 bridgehead atoms. The fourth-order valence-corrected chi connectivity index (χ4v) is 2.19. The van der Waals surface area contributed by atoms with E-state index in [2.05, 4.69) is 5.32 Å². The molecule has 0 saturated heterocycles. The number of methoxy groups -OCH3 is 1. The molecule has 1 unspecified atom stereocenters. The van der Waals surface area contributed by atoms with Crippen molar-refractivity contribution in [3.05, 3.63) is 59.7 Å². The van der Waals surface area contributed by atoms with Crippen molar-refractivity contribution in [2.24, 2.45) is 0 Å². The summed E-state index contributed by atoms with van der Waals surface area (Å²) in [5, 5.41) is 12.6. The number of carbonyl (C=O) groups is 1. The Kier molecular flexibility index (Phi) is 4.95. The van der Waals surface area contributed by atoms with E-state index in [4.69, 9.17) is 4.74 Å². The van der Waals surface area contributed by atoms with Gasteiger partial charge in [-0.1, -0.05) is 36.4 Å². The average molecular weight is 285 g/mol. The van der Waals surface area contributed by atoms with E-state index in [9.17, 15) is 9.90 Å². The second kappa shape index (κ2) is 6.90. The summed E-state index contributed by atoms with van der Waals surface area (Å²) in [5.74, 6) is 0.545.